The van der Waals surface area contributed by atoms with E-state index in [1.165, 1.54) is 11.1 Å². The van der Waals surface area contributed by atoms with Gasteiger partial charge in [-0.2, -0.15) is 0 Å². The van der Waals surface area contributed by atoms with E-state index in [9.17, 15) is 8.42 Å². The zero-order valence-corrected chi connectivity index (χ0v) is 11.8. The summed E-state index contributed by atoms with van der Waals surface area (Å²) >= 11 is 0. The van der Waals surface area contributed by atoms with Crippen molar-refractivity contribution in [2.75, 3.05) is 11.5 Å². The molecular formula is C14H21NO2S. The molecule has 0 aliphatic carbocycles. The molecule has 1 heterocycles. The van der Waals surface area contributed by atoms with Gasteiger partial charge in [-0.1, -0.05) is 18.2 Å². The Balaban J connectivity index is 2.09. The minimum absolute atomic E-state index is 0.0526. The second-order valence-electron chi connectivity index (χ2n) is 5.40. The van der Waals surface area contributed by atoms with Gasteiger partial charge in [-0.15, -0.1) is 0 Å². The van der Waals surface area contributed by atoms with Crippen molar-refractivity contribution in [2.24, 2.45) is 11.7 Å². The first kappa shape index (κ1) is 13.6. The quantitative estimate of drug-likeness (QED) is 0.912. The molecule has 1 aromatic rings. The van der Waals surface area contributed by atoms with Crippen molar-refractivity contribution in [3.05, 3.63) is 34.9 Å². The van der Waals surface area contributed by atoms with E-state index in [-0.39, 0.29) is 12.0 Å². The Bertz CT molecular complexity index is 537. The molecule has 0 radical (unpaired) electrons. The zero-order chi connectivity index (χ0) is 13.3. The van der Waals surface area contributed by atoms with Gasteiger partial charge in [0.1, 0.15) is 0 Å². The molecule has 2 N–H and O–H groups in total. The van der Waals surface area contributed by atoms with E-state index in [0.29, 0.717) is 11.5 Å². The molecule has 0 saturated carbocycles. The van der Waals surface area contributed by atoms with Gasteiger partial charge in [0.15, 0.2) is 9.84 Å². The molecule has 2 atom stereocenters. The van der Waals surface area contributed by atoms with Crippen LogP contribution in [0.25, 0.3) is 0 Å². The lowest BCUT2D eigenvalue weighted by Crippen LogP contribution is -2.17. The molecule has 100 valence electrons. The van der Waals surface area contributed by atoms with Crippen molar-refractivity contribution in [2.45, 2.75) is 32.7 Å². The van der Waals surface area contributed by atoms with Gasteiger partial charge in [0.25, 0.3) is 0 Å². The molecule has 2 rings (SSSR count). The Kier molecular flexibility index (Phi) is 3.78. The molecular weight excluding hydrogens is 246 g/mol. The number of hydrogen-bond donors (Lipinski definition) is 1. The van der Waals surface area contributed by atoms with Gasteiger partial charge in [0.2, 0.25) is 0 Å². The lowest BCUT2D eigenvalue weighted by atomic mass is 9.91. The van der Waals surface area contributed by atoms with Crippen LogP contribution in [0.5, 0.6) is 0 Å². The summed E-state index contributed by atoms with van der Waals surface area (Å²) < 4.78 is 22.9. The summed E-state index contributed by atoms with van der Waals surface area (Å²) in [5, 5.41) is 0. The SMILES string of the molecule is Cc1cccc(C(N)CC2CCS(=O)(=O)C2)c1C. The molecule has 0 amide bonds. The fourth-order valence-corrected chi connectivity index (χ4v) is 4.60. The molecule has 1 aliphatic rings. The maximum Gasteiger partial charge on any atom is 0.150 e. The van der Waals surface area contributed by atoms with Gasteiger partial charge in [-0.3, -0.25) is 0 Å². The largest absolute Gasteiger partial charge is 0.324 e. The van der Waals surface area contributed by atoms with E-state index < -0.39 is 9.84 Å². The second-order valence-corrected chi connectivity index (χ2v) is 7.63. The second kappa shape index (κ2) is 5.02. The topological polar surface area (TPSA) is 60.2 Å². The first-order valence-corrected chi connectivity index (χ1v) is 8.23. The fourth-order valence-electron chi connectivity index (χ4n) is 2.72. The number of sulfone groups is 1. The monoisotopic (exact) mass is 267 g/mol. The van der Waals surface area contributed by atoms with Crippen LogP contribution >= 0.6 is 0 Å². The van der Waals surface area contributed by atoms with E-state index in [2.05, 4.69) is 26.0 Å². The van der Waals surface area contributed by atoms with Crippen LogP contribution in [0.15, 0.2) is 18.2 Å². The van der Waals surface area contributed by atoms with Crippen LogP contribution in [-0.2, 0) is 9.84 Å². The molecule has 18 heavy (non-hydrogen) atoms. The Morgan fingerprint density at radius 3 is 2.72 bits per heavy atom. The van der Waals surface area contributed by atoms with Crippen LogP contribution in [0.3, 0.4) is 0 Å². The molecule has 4 heteroatoms. The Labute approximate surface area is 109 Å². The highest BCUT2D eigenvalue weighted by Gasteiger charge is 2.29. The maximum atomic E-state index is 11.4. The van der Waals surface area contributed by atoms with E-state index in [4.69, 9.17) is 5.73 Å². The van der Waals surface area contributed by atoms with Crippen molar-refractivity contribution in [3.8, 4) is 0 Å². The van der Waals surface area contributed by atoms with E-state index in [1.54, 1.807) is 0 Å². The van der Waals surface area contributed by atoms with Crippen LogP contribution < -0.4 is 5.73 Å². The fraction of sp³-hybridized carbons (Fsp3) is 0.571. The third-order valence-corrected chi connectivity index (χ3v) is 5.80. The van der Waals surface area contributed by atoms with Gasteiger partial charge < -0.3 is 5.73 Å². The Hall–Kier alpha value is -0.870. The van der Waals surface area contributed by atoms with Gasteiger partial charge in [-0.05, 0) is 49.3 Å². The molecule has 1 saturated heterocycles. The van der Waals surface area contributed by atoms with Crippen LogP contribution in [0.2, 0.25) is 0 Å². The van der Waals surface area contributed by atoms with Gasteiger partial charge in [0, 0.05) is 6.04 Å². The van der Waals surface area contributed by atoms with Crippen LogP contribution in [0, 0.1) is 19.8 Å². The minimum Gasteiger partial charge on any atom is -0.324 e. The Morgan fingerprint density at radius 2 is 2.11 bits per heavy atom. The highest BCUT2D eigenvalue weighted by Crippen LogP contribution is 2.29. The van der Waals surface area contributed by atoms with E-state index >= 15 is 0 Å². The Morgan fingerprint density at radius 1 is 1.39 bits per heavy atom. The maximum absolute atomic E-state index is 11.4. The normalized spacial score (nSPS) is 24.1. The number of rotatable bonds is 3. The lowest BCUT2D eigenvalue weighted by molar-refractivity contribution is 0.480. The summed E-state index contributed by atoms with van der Waals surface area (Å²) in [6.07, 6.45) is 1.53. The third kappa shape index (κ3) is 2.93. The standard InChI is InChI=1S/C14H21NO2S/c1-10-4-3-5-13(11(10)2)14(15)8-12-6-7-18(16,17)9-12/h3-5,12,14H,6-9,15H2,1-2H3. The lowest BCUT2D eigenvalue weighted by Gasteiger charge is -2.19. The molecule has 1 aromatic carbocycles. The number of nitrogens with two attached hydrogens (primary N) is 1. The number of hydrogen-bond acceptors (Lipinski definition) is 3. The summed E-state index contributed by atoms with van der Waals surface area (Å²) in [7, 11) is -2.80. The molecule has 0 spiro atoms. The first-order chi connectivity index (χ1) is 8.39. The van der Waals surface area contributed by atoms with Crippen molar-refractivity contribution in [3.63, 3.8) is 0 Å². The van der Waals surface area contributed by atoms with Crippen molar-refractivity contribution in [1.82, 2.24) is 0 Å². The predicted molar refractivity (Wildman–Crippen MR) is 74.2 cm³/mol. The molecule has 2 unspecified atom stereocenters. The van der Waals surface area contributed by atoms with Gasteiger partial charge >= 0.3 is 0 Å². The summed E-state index contributed by atoms with van der Waals surface area (Å²) in [5.41, 5.74) is 9.86. The number of benzene rings is 1. The summed E-state index contributed by atoms with van der Waals surface area (Å²) in [6.45, 7) is 4.15. The molecule has 1 aliphatic heterocycles. The molecule has 1 fully saturated rings. The third-order valence-electron chi connectivity index (χ3n) is 3.96. The van der Waals surface area contributed by atoms with Crippen LogP contribution in [0.1, 0.15) is 35.6 Å². The van der Waals surface area contributed by atoms with Crippen LogP contribution in [0.4, 0.5) is 0 Å². The molecule has 0 aromatic heterocycles. The smallest absolute Gasteiger partial charge is 0.150 e. The highest BCUT2D eigenvalue weighted by molar-refractivity contribution is 7.91. The highest BCUT2D eigenvalue weighted by atomic mass is 32.2. The summed E-state index contributed by atoms with van der Waals surface area (Å²) in [6, 6.07) is 6.09. The van der Waals surface area contributed by atoms with Crippen molar-refractivity contribution in [1.29, 1.82) is 0 Å². The van der Waals surface area contributed by atoms with Gasteiger partial charge in [0.05, 0.1) is 11.5 Å². The first-order valence-electron chi connectivity index (χ1n) is 6.41. The average molecular weight is 267 g/mol. The van der Waals surface area contributed by atoms with Crippen molar-refractivity contribution >= 4 is 9.84 Å². The predicted octanol–water partition coefficient (Wildman–Crippen LogP) is 2.13. The number of aryl methyl sites for hydroxylation is 1. The molecule has 3 nitrogen and oxygen atoms in total. The average Bonchev–Trinajstić information content (AvgIpc) is 2.62. The molecule has 0 bridgehead atoms. The van der Waals surface area contributed by atoms with Gasteiger partial charge in [-0.25, -0.2) is 8.42 Å². The minimum atomic E-state index is -2.80. The summed E-state index contributed by atoms with van der Waals surface area (Å²) in [4.78, 5) is 0. The van der Waals surface area contributed by atoms with E-state index in [0.717, 1.165) is 18.4 Å². The summed E-state index contributed by atoms with van der Waals surface area (Å²) in [5.74, 6) is 0.868. The zero-order valence-electron chi connectivity index (χ0n) is 11.0. The van der Waals surface area contributed by atoms with Crippen molar-refractivity contribution < 1.29 is 8.42 Å². The van der Waals surface area contributed by atoms with Crippen LogP contribution in [-0.4, -0.2) is 19.9 Å². The van der Waals surface area contributed by atoms with E-state index in [1.807, 2.05) is 6.07 Å².